The quantitative estimate of drug-likeness (QED) is 0.301. The molecule has 1 atom stereocenters. The average Bonchev–Trinajstić information content (AvgIpc) is 3.53. The number of halogens is 3. The van der Waals surface area contributed by atoms with Crippen LogP contribution in [0.15, 0.2) is 43.0 Å². The fourth-order valence-corrected chi connectivity index (χ4v) is 3.31. The summed E-state index contributed by atoms with van der Waals surface area (Å²) in [5.41, 5.74) is 7.64. The highest BCUT2D eigenvalue weighted by Crippen LogP contribution is 2.42. The summed E-state index contributed by atoms with van der Waals surface area (Å²) in [6.07, 6.45) is 4.89. The molecule has 3 aromatic heterocycles. The van der Waals surface area contributed by atoms with Crippen LogP contribution in [0.1, 0.15) is 31.2 Å². The molecule has 1 saturated carbocycles. The van der Waals surface area contributed by atoms with E-state index in [1.165, 1.54) is 29.9 Å². The van der Waals surface area contributed by atoms with Gasteiger partial charge in [0, 0.05) is 24.2 Å². The molecule has 10 nitrogen and oxygen atoms in total. The van der Waals surface area contributed by atoms with Crippen molar-refractivity contribution in [2.75, 3.05) is 12.3 Å². The van der Waals surface area contributed by atoms with Gasteiger partial charge in [-0.15, -0.1) is 0 Å². The molecule has 3 N–H and O–H groups in total. The molecule has 180 valence electrons. The van der Waals surface area contributed by atoms with E-state index >= 15 is 0 Å². The minimum Gasteiger partial charge on any atom is -0.378 e. The fourth-order valence-electron chi connectivity index (χ4n) is 3.31. The lowest BCUT2D eigenvalue weighted by atomic mass is 9.98. The topological polar surface area (TPSA) is 142 Å². The second-order valence-corrected chi connectivity index (χ2v) is 7.71. The Morgan fingerprint density at radius 2 is 2.03 bits per heavy atom. The van der Waals surface area contributed by atoms with E-state index in [1.807, 2.05) is 12.3 Å². The minimum atomic E-state index is -4.29. The Morgan fingerprint density at radius 1 is 1.29 bits per heavy atom. The molecule has 0 aromatic carbocycles. The summed E-state index contributed by atoms with van der Waals surface area (Å²) in [4.78, 5) is 28.3. The third kappa shape index (κ3) is 6.27. The molecule has 13 heteroatoms. The molecule has 1 aliphatic carbocycles. The second-order valence-electron chi connectivity index (χ2n) is 7.71. The number of anilines is 1. The Balaban J connectivity index is 0.000000350. The molecule has 1 amide bonds. The monoisotopic (exact) mass is 477 g/mol. The number of pyridine rings is 2. The van der Waals surface area contributed by atoms with Crippen molar-refractivity contribution in [2.24, 2.45) is 5.92 Å². The van der Waals surface area contributed by atoms with Crippen molar-refractivity contribution in [1.29, 1.82) is 0 Å². The predicted octanol–water partition coefficient (Wildman–Crippen LogP) is 3.63. The van der Waals surface area contributed by atoms with Gasteiger partial charge in [0.15, 0.2) is 5.82 Å². The van der Waals surface area contributed by atoms with Crippen molar-refractivity contribution in [3.8, 4) is 16.9 Å². The Hall–Kier alpha value is -4.03. The van der Waals surface area contributed by atoms with Crippen LogP contribution >= 0.6 is 0 Å². The van der Waals surface area contributed by atoms with Crippen LogP contribution in [0.4, 0.5) is 24.7 Å². The molecule has 0 aliphatic heterocycles. The van der Waals surface area contributed by atoms with Crippen LogP contribution in [-0.2, 0) is 4.79 Å². The van der Waals surface area contributed by atoms with Gasteiger partial charge in [-0.3, -0.25) is 14.9 Å². The van der Waals surface area contributed by atoms with Gasteiger partial charge in [0.05, 0.1) is 16.7 Å². The van der Waals surface area contributed by atoms with Gasteiger partial charge in [-0.05, 0) is 42.4 Å². The molecule has 1 aliphatic rings. The Kier molecular flexibility index (Phi) is 7.44. The van der Waals surface area contributed by atoms with Gasteiger partial charge in [0.2, 0.25) is 12.2 Å². The van der Waals surface area contributed by atoms with E-state index in [1.54, 1.807) is 23.1 Å². The Labute approximate surface area is 192 Å². The number of carbonyl (C=O) groups excluding carboxylic acids is 1. The molecular formula is C21H22F3N7O3. The molecular weight excluding hydrogens is 455 g/mol. The van der Waals surface area contributed by atoms with Crippen molar-refractivity contribution in [1.82, 2.24) is 25.1 Å². The average molecular weight is 477 g/mol. The summed E-state index contributed by atoms with van der Waals surface area (Å²) < 4.78 is 34.7. The predicted molar refractivity (Wildman–Crippen MR) is 117 cm³/mol. The zero-order valence-electron chi connectivity index (χ0n) is 18.1. The molecule has 0 saturated heterocycles. The number of hydrogen-bond donors (Lipinski definition) is 2. The van der Waals surface area contributed by atoms with Crippen LogP contribution in [0.25, 0.3) is 16.9 Å². The van der Waals surface area contributed by atoms with Crippen molar-refractivity contribution >= 4 is 17.9 Å². The van der Waals surface area contributed by atoms with Crippen LogP contribution in [0, 0.1) is 16.0 Å². The van der Waals surface area contributed by atoms with Gasteiger partial charge in [-0.2, -0.15) is 18.3 Å². The molecule has 0 spiro atoms. The summed E-state index contributed by atoms with van der Waals surface area (Å²) in [6.45, 7) is 0.976. The Morgan fingerprint density at radius 3 is 2.56 bits per heavy atom. The zero-order chi connectivity index (χ0) is 24.9. The number of aromatic nitrogens is 4. The maximum atomic E-state index is 11.3. The molecule has 0 radical (unpaired) electrons. The van der Waals surface area contributed by atoms with E-state index in [0.29, 0.717) is 22.9 Å². The number of nitro groups is 1. The molecule has 0 bridgehead atoms. The van der Waals surface area contributed by atoms with E-state index in [4.69, 9.17) is 5.73 Å². The zero-order valence-corrected chi connectivity index (χ0v) is 18.1. The van der Waals surface area contributed by atoms with Crippen molar-refractivity contribution in [3.63, 3.8) is 0 Å². The molecule has 34 heavy (non-hydrogen) atoms. The third-order valence-corrected chi connectivity index (χ3v) is 5.27. The van der Waals surface area contributed by atoms with Crippen molar-refractivity contribution in [3.05, 3.63) is 58.7 Å². The lowest BCUT2D eigenvalue weighted by Gasteiger charge is -2.10. The van der Waals surface area contributed by atoms with E-state index in [0.717, 1.165) is 5.92 Å². The van der Waals surface area contributed by atoms with Gasteiger partial charge in [-0.25, -0.2) is 14.6 Å². The van der Waals surface area contributed by atoms with Crippen LogP contribution in [-0.4, -0.2) is 43.8 Å². The third-order valence-electron chi connectivity index (χ3n) is 5.27. The van der Waals surface area contributed by atoms with Gasteiger partial charge >= 0.3 is 11.9 Å². The number of nitrogen functional groups attached to an aromatic ring is 1. The largest absolute Gasteiger partial charge is 0.405 e. The number of alkyl halides is 3. The molecule has 4 rings (SSSR count). The van der Waals surface area contributed by atoms with E-state index in [2.05, 4.69) is 28.1 Å². The first-order valence-electron chi connectivity index (χ1n) is 10.2. The van der Waals surface area contributed by atoms with Gasteiger partial charge < -0.3 is 11.1 Å². The maximum absolute atomic E-state index is 11.3. The number of nitrogens with zero attached hydrogens (tertiary/aromatic N) is 5. The first kappa shape index (κ1) is 24.6. The molecule has 1 fully saturated rings. The fraction of sp³-hybridized carbons (Fsp3) is 0.333. The number of nitrogens with two attached hydrogens (primary N) is 1. The molecule has 1 unspecified atom stereocenters. The molecule has 3 aromatic rings. The van der Waals surface area contributed by atoms with Gasteiger partial charge in [0.1, 0.15) is 6.54 Å². The van der Waals surface area contributed by atoms with Gasteiger partial charge in [-0.1, -0.05) is 13.0 Å². The lowest BCUT2D eigenvalue weighted by Crippen LogP contribution is -2.27. The first-order valence-corrected chi connectivity index (χ1v) is 10.2. The maximum Gasteiger partial charge on any atom is 0.405 e. The smallest absolute Gasteiger partial charge is 0.378 e. The summed E-state index contributed by atoms with van der Waals surface area (Å²) >= 11 is 0. The van der Waals surface area contributed by atoms with E-state index < -0.39 is 17.6 Å². The van der Waals surface area contributed by atoms with Crippen LogP contribution in [0.2, 0.25) is 0 Å². The first-order chi connectivity index (χ1) is 16.1. The second kappa shape index (κ2) is 10.3. The van der Waals surface area contributed by atoms with Crippen molar-refractivity contribution < 1.29 is 22.9 Å². The summed E-state index contributed by atoms with van der Waals surface area (Å²) in [5, 5.41) is 17.1. The standard InChI is InChI=1S/C18H18N6O2.C3H4F3NO/c1-11(12-2-3-12)13-4-5-16(21-8-13)23-10-14(9-22-23)15-6-7-20-18(19)17(15)24(25)26;4-3(5,6)1-7-2-8/h4-12H,2-3H2,1H3,(H2,19,20);2H,1H2,(H,7,8). The number of nitrogens with one attached hydrogen (secondary N) is 1. The van der Waals surface area contributed by atoms with Crippen LogP contribution in [0.5, 0.6) is 0 Å². The number of rotatable bonds is 7. The summed E-state index contributed by atoms with van der Waals surface area (Å²) in [5.74, 6) is 1.84. The highest BCUT2D eigenvalue weighted by molar-refractivity contribution is 5.78. The van der Waals surface area contributed by atoms with E-state index in [9.17, 15) is 28.1 Å². The summed E-state index contributed by atoms with van der Waals surface area (Å²) in [7, 11) is 0. The normalized spacial score (nSPS) is 14.0. The lowest BCUT2D eigenvalue weighted by molar-refractivity contribution is -0.383. The van der Waals surface area contributed by atoms with Crippen LogP contribution in [0.3, 0.4) is 0 Å². The minimum absolute atomic E-state index is 0.00743. The van der Waals surface area contributed by atoms with E-state index in [-0.39, 0.29) is 17.9 Å². The van der Waals surface area contributed by atoms with Gasteiger partial charge in [0.25, 0.3) is 0 Å². The number of hydrogen-bond acceptors (Lipinski definition) is 7. The number of amides is 1. The SMILES string of the molecule is CC(c1ccc(-n2cc(-c3ccnc(N)c3[N+](=O)[O-])cn2)nc1)C1CC1.O=CNCC(F)(F)F. The highest BCUT2D eigenvalue weighted by atomic mass is 19.4. The number of carbonyl (C=O) groups is 1. The Bertz CT molecular complexity index is 1150. The van der Waals surface area contributed by atoms with Crippen molar-refractivity contribution in [2.45, 2.75) is 31.9 Å². The highest BCUT2D eigenvalue weighted by Gasteiger charge is 2.29. The summed E-state index contributed by atoms with van der Waals surface area (Å²) in [6, 6.07) is 5.55. The molecule has 3 heterocycles. The van der Waals surface area contributed by atoms with Crippen LogP contribution < -0.4 is 11.1 Å².